The number of hydrogen-bond donors (Lipinski definition) is 1. The Kier molecular flexibility index (Phi) is 10.2. The molecule has 230 valence electrons. The number of carbonyl (C=O) groups is 2. The van der Waals surface area contributed by atoms with Gasteiger partial charge in [-0.2, -0.15) is 0 Å². The summed E-state index contributed by atoms with van der Waals surface area (Å²) >= 11 is 13.2. The number of rotatable bonds is 13. The van der Waals surface area contributed by atoms with Crippen LogP contribution in [0.4, 0.5) is 0 Å². The van der Waals surface area contributed by atoms with Crippen LogP contribution in [-0.2, 0) is 17.8 Å². The van der Waals surface area contributed by atoms with E-state index in [0.29, 0.717) is 69.0 Å². The highest BCUT2D eigenvalue weighted by Gasteiger charge is 2.20. The molecule has 0 bridgehead atoms. The SMILES string of the molecule is COc1ccc(CCNC(=O)CCCn2c(SCC(=O)c3ccc(Cl)c(Cl)c3)nc3cc4c(cc3c2=O)OCO4)cc1OC. The first-order valence-electron chi connectivity index (χ1n) is 13.7. The van der Waals surface area contributed by atoms with E-state index in [1.165, 1.54) is 10.6 Å². The Morgan fingerprint density at radius 3 is 2.52 bits per heavy atom. The quantitative estimate of drug-likeness (QED) is 0.112. The van der Waals surface area contributed by atoms with E-state index in [-0.39, 0.29) is 47.8 Å². The molecule has 3 aromatic carbocycles. The third kappa shape index (κ3) is 7.23. The van der Waals surface area contributed by atoms with E-state index in [9.17, 15) is 14.4 Å². The molecule has 5 rings (SSSR count). The minimum absolute atomic E-state index is 0.0110. The van der Waals surface area contributed by atoms with Crippen LogP contribution in [-0.4, -0.2) is 54.6 Å². The third-order valence-electron chi connectivity index (χ3n) is 6.96. The van der Waals surface area contributed by atoms with E-state index < -0.39 is 0 Å². The van der Waals surface area contributed by atoms with Gasteiger partial charge in [-0.25, -0.2) is 4.98 Å². The number of ketones is 1. The second-order valence-electron chi connectivity index (χ2n) is 9.81. The zero-order valence-corrected chi connectivity index (χ0v) is 26.3. The summed E-state index contributed by atoms with van der Waals surface area (Å²) in [5.74, 6) is 1.90. The molecule has 0 aliphatic carbocycles. The topological polar surface area (TPSA) is 118 Å². The first-order chi connectivity index (χ1) is 21.3. The maximum atomic E-state index is 13.6. The summed E-state index contributed by atoms with van der Waals surface area (Å²) in [5.41, 5.74) is 1.52. The van der Waals surface area contributed by atoms with Crippen LogP contribution in [0, 0.1) is 0 Å². The molecule has 0 saturated heterocycles. The lowest BCUT2D eigenvalue weighted by Crippen LogP contribution is -2.27. The van der Waals surface area contributed by atoms with Gasteiger partial charge >= 0.3 is 0 Å². The predicted molar refractivity (Wildman–Crippen MR) is 169 cm³/mol. The zero-order valence-electron chi connectivity index (χ0n) is 24.0. The smallest absolute Gasteiger partial charge is 0.262 e. The van der Waals surface area contributed by atoms with Crippen LogP contribution in [0.25, 0.3) is 10.9 Å². The summed E-state index contributed by atoms with van der Waals surface area (Å²) in [5, 5.41) is 4.26. The molecule has 10 nitrogen and oxygen atoms in total. The lowest BCUT2D eigenvalue weighted by molar-refractivity contribution is -0.121. The number of halogens is 2. The first-order valence-corrected chi connectivity index (χ1v) is 15.4. The van der Waals surface area contributed by atoms with E-state index in [0.717, 1.165) is 17.3 Å². The molecular weight excluding hydrogens is 629 g/mol. The predicted octanol–water partition coefficient (Wildman–Crippen LogP) is 5.56. The van der Waals surface area contributed by atoms with Crippen LogP contribution >= 0.6 is 35.0 Å². The Morgan fingerprint density at radius 2 is 1.77 bits per heavy atom. The van der Waals surface area contributed by atoms with E-state index in [2.05, 4.69) is 10.3 Å². The molecule has 0 fully saturated rings. The van der Waals surface area contributed by atoms with Crippen molar-refractivity contribution < 1.29 is 28.5 Å². The van der Waals surface area contributed by atoms with Crippen molar-refractivity contribution in [3.63, 3.8) is 0 Å². The number of hydrogen-bond acceptors (Lipinski definition) is 9. The number of aromatic nitrogens is 2. The van der Waals surface area contributed by atoms with Crippen molar-refractivity contribution in [3.05, 3.63) is 80.1 Å². The summed E-state index contributed by atoms with van der Waals surface area (Å²) in [6.45, 7) is 0.722. The van der Waals surface area contributed by atoms with Crippen LogP contribution in [0.1, 0.15) is 28.8 Å². The van der Waals surface area contributed by atoms with Gasteiger partial charge < -0.3 is 24.3 Å². The standard InChI is InChI=1S/C31H29Cl2N3O7S/c1-40-25-8-5-18(12-26(25)41-2)9-10-34-29(38)4-3-11-36-30(39)20-14-27-28(43-17-42-27)15-23(20)35-31(36)44-16-24(37)19-6-7-21(32)22(33)13-19/h5-8,12-15H,3-4,9-11,16-17H2,1-2H3,(H,34,38). The van der Waals surface area contributed by atoms with Crippen molar-refractivity contribution >= 4 is 57.6 Å². The second-order valence-corrected chi connectivity index (χ2v) is 11.6. The van der Waals surface area contributed by atoms with E-state index >= 15 is 0 Å². The number of carbonyl (C=O) groups excluding carboxylic acids is 2. The minimum Gasteiger partial charge on any atom is -0.493 e. The summed E-state index contributed by atoms with van der Waals surface area (Å²) in [6.07, 6.45) is 1.20. The van der Waals surface area contributed by atoms with E-state index in [1.54, 1.807) is 38.5 Å². The Bertz CT molecular complexity index is 1780. The van der Waals surface area contributed by atoms with Crippen molar-refractivity contribution in [2.24, 2.45) is 0 Å². The molecule has 1 N–H and O–H groups in total. The van der Waals surface area contributed by atoms with Gasteiger partial charge in [0, 0.05) is 31.1 Å². The number of ether oxygens (including phenoxy) is 4. The lowest BCUT2D eigenvalue weighted by atomic mass is 10.1. The maximum Gasteiger partial charge on any atom is 0.262 e. The highest BCUT2D eigenvalue weighted by atomic mass is 35.5. The number of benzene rings is 3. The number of fused-ring (bicyclic) bond motifs is 2. The fourth-order valence-electron chi connectivity index (χ4n) is 4.65. The van der Waals surface area contributed by atoms with Gasteiger partial charge in [0.1, 0.15) is 0 Å². The molecule has 0 spiro atoms. The van der Waals surface area contributed by atoms with Gasteiger partial charge in [-0.05, 0) is 54.8 Å². The summed E-state index contributed by atoms with van der Waals surface area (Å²) in [4.78, 5) is 43.9. The summed E-state index contributed by atoms with van der Waals surface area (Å²) in [7, 11) is 3.15. The number of Topliss-reactive ketones (excluding diaryl/α,β-unsaturated/α-hetero) is 1. The van der Waals surface area contributed by atoms with Crippen molar-refractivity contribution in [3.8, 4) is 23.0 Å². The average molecular weight is 659 g/mol. The van der Waals surface area contributed by atoms with E-state index in [4.69, 9.17) is 42.1 Å². The number of nitrogens with zero attached hydrogens (tertiary/aromatic N) is 2. The number of amides is 1. The molecule has 1 aliphatic heterocycles. The van der Waals surface area contributed by atoms with E-state index in [1.807, 2.05) is 18.2 Å². The average Bonchev–Trinajstić information content (AvgIpc) is 3.49. The molecule has 4 aromatic rings. The highest BCUT2D eigenvalue weighted by molar-refractivity contribution is 7.99. The molecule has 1 aromatic heterocycles. The molecule has 2 heterocycles. The van der Waals surface area contributed by atoms with Gasteiger partial charge in [0.15, 0.2) is 33.9 Å². The second kappa shape index (κ2) is 14.2. The molecule has 44 heavy (non-hydrogen) atoms. The molecule has 1 aliphatic rings. The van der Waals surface area contributed by atoms with Crippen LogP contribution in [0.5, 0.6) is 23.0 Å². The fraction of sp³-hybridized carbons (Fsp3) is 0.290. The molecule has 0 radical (unpaired) electrons. The molecule has 0 saturated carbocycles. The largest absolute Gasteiger partial charge is 0.493 e. The van der Waals surface area contributed by atoms with Gasteiger partial charge in [-0.1, -0.05) is 41.0 Å². The summed E-state index contributed by atoms with van der Waals surface area (Å²) in [6, 6.07) is 13.6. The third-order valence-corrected chi connectivity index (χ3v) is 8.67. The van der Waals surface area contributed by atoms with Crippen molar-refractivity contribution in [1.82, 2.24) is 14.9 Å². The van der Waals surface area contributed by atoms with Gasteiger partial charge in [0.2, 0.25) is 12.7 Å². The van der Waals surface area contributed by atoms with Gasteiger partial charge in [0.25, 0.3) is 5.56 Å². The van der Waals surface area contributed by atoms with Gasteiger partial charge in [-0.3, -0.25) is 19.0 Å². The van der Waals surface area contributed by atoms with Crippen LogP contribution in [0.2, 0.25) is 10.0 Å². The lowest BCUT2D eigenvalue weighted by Gasteiger charge is -2.14. The molecule has 0 atom stereocenters. The Morgan fingerprint density at radius 1 is 1.00 bits per heavy atom. The van der Waals surface area contributed by atoms with Crippen molar-refractivity contribution in [2.45, 2.75) is 31.0 Å². The van der Waals surface area contributed by atoms with Crippen molar-refractivity contribution in [1.29, 1.82) is 0 Å². The number of nitrogens with one attached hydrogen (secondary N) is 1. The Labute approximate surface area is 267 Å². The number of thioether (sulfide) groups is 1. The fourth-order valence-corrected chi connectivity index (χ4v) is 5.87. The molecule has 13 heteroatoms. The van der Waals surface area contributed by atoms with Crippen molar-refractivity contribution in [2.75, 3.05) is 33.3 Å². The minimum atomic E-state index is -0.299. The van der Waals surface area contributed by atoms with Crippen LogP contribution < -0.4 is 29.8 Å². The monoisotopic (exact) mass is 657 g/mol. The molecule has 1 amide bonds. The highest BCUT2D eigenvalue weighted by Crippen LogP contribution is 2.35. The Balaban J connectivity index is 1.26. The Hall–Kier alpha value is -3.93. The van der Waals surface area contributed by atoms with Gasteiger partial charge in [0.05, 0.1) is 40.9 Å². The maximum absolute atomic E-state index is 13.6. The summed E-state index contributed by atoms with van der Waals surface area (Å²) < 4.78 is 23.0. The van der Waals surface area contributed by atoms with Gasteiger partial charge in [-0.15, -0.1) is 0 Å². The van der Waals surface area contributed by atoms with Crippen LogP contribution in [0.3, 0.4) is 0 Å². The number of methoxy groups -OCH3 is 2. The normalized spacial score (nSPS) is 11.9. The first kappa shape index (κ1) is 31.5. The van der Waals surface area contributed by atoms with Crippen LogP contribution in [0.15, 0.2) is 58.5 Å². The zero-order chi connectivity index (χ0) is 31.2. The molecule has 0 unspecified atom stereocenters. The molecular formula is C31H29Cl2N3O7S.